The van der Waals surface area contributed by atoms with Crippen LogP contribution in [0.25, 0.3) is 0 Å². The fraction of sp³-hybridized carbons (Fsp3) is 0.500. The van der Waals surface area contributed by atoms with E-state index in [4.69, 9.17) is 19.1 Å². The van der Waals surface area contributed by atoms with Gasteiger partial charge in [-0.05, 0) is 5.16 Å². The van der Waals surface area contributed by atoms with Crippen molar-refractivity contribution in [3.05, 3.63) is 11.8 Å². The lowest BCUT2D eigenvalue weighted by Crippen LogP contribution is -2.52. The Kier molecular flexibility index (Phi) is 3.47. The second kappa shape index (κ2) is 5.05. The number of carboxylic acids is 1. The van der Waals surface area contributed by atoms with Gasteiger partial charge in [0.25, 0.3) is 11.8 Å². The van der Waals surface area contributed by atoms with Gasteiger partial charge in [0.1, 0.15) is 0 Å². The number of morpholine rings is 1. The molecule has 1 aliphatic rings. The smallest absolute Gasteiger partial charge is 0.328 e. The predicted molar refractivity (Wildman–Crippen MR) is 56.3 cm³/mol. The minimum atomic E-state index is -1.12. The second-order valence-corrected chi connectivity index (χ2v) is 3.66. The molecule has 98 valence electrons. The lowest BCUT2D eigenvalue weighted by molar-refractivity contribution is -0.147. The molecule has 1 amide bonds. The highest BCUT2D eigenvalue weighted by molar-refractivity contribution is 5.94. The first-order chi connectivity index (χ1) is 8.63. The summed E-state index contributed by atoms with van der Waals surface area (Å²) in [4.78, 5) is 24.3. The van der Waals surface area contributed by atoms with Crippen LogP contribution in [-0.4, -0.2) is 59.9 Å². The molecule has 0 aliphatic carbocycles. The summed E-state index contributed by atoms with van der Waals surface area (Å²) in [5.41, 5.74) is 0. The molecule has 1 aliphatic heterocycles. The van der Waals surface area contributed by atoms with Crippen molar-refractivity contribution in [2.45, 2.75) is 6.04 Å². The quantitative estimate of drug-likeness (QED) is 0.785. The Morgan fingerprint density at radius 2 is 2.39 bits per heavy atom. The summed E-state index contributed by atoms with van der Waals surface area (Å²) in [7, 11) is 1.39. The summed E-state index contributed by atoms with van der Waals surface area (Å²) < 4.78 is 14.6. The number of carboxylic acid groups (broad SMARTS) is 1. The molecule has 1 aromatic heterocycles. The molecular formula is C10H12N2O6. The van der Waals surface area contributed by atoms with E-state index in [1.807, 2.05) is 0 Å². The molecule has 1 unspecified atom stereocenters. The first-order valence-electron chi connectivity index (χ1n) is 5.25. The summed E-state index contributed by atoms with van der Waals surface area (Å²) >= 11 is 0. The standard InChI is InChI=1S/C10H12N2O6/c1-16-8-4-7(18-11-8)9(13)12-2-3-17-5-6(12)10(14)15/h4,6H,2-3,5H2,1H3,(H,14,15). The highest BCUT2D eigenvalue weighted by Crippen LogP contribution is 2.16. The van der Waals surface area contributed by atoms with Gasteiger partial charge in [-0.15, -0.1) is 0 Å². The van der Waals surface area contributed by atoms with Crippen LogP contribution in [0.5, 0.6) is 5.88 Å². The molecule has 18 heavy (non-hydrogen) atoms. The van der Waals surface area contributed by atoms with Crippen molar-refractivity contribution in [3.63, 3.8) is 0 Å². The van der Waals surface area contributed by atoms with E-state index < -0.39 is 17.9 Å². The largest absolute Gasteiger partial charge is 0.480 e. The zero-order chi connectivity index (χ0) is 13.1. The molecule has 8 heteroatoms. The second-order valence-electron chi connectivity index (χ2n) is 3.66. The Bertz CT molecular complexity index is 457. The minimum Gasteiger partial charge on any atom is -0.480 e. The van der Waals surface area contributed by atoms with Gasteiger partial charge in [-0.2, -0.15) is 0 Å². The van der Waals surface area contributed by atoms with Crippen molar-refractivity contribution in [2.75, 3.05) is 26.9 Å². The van der Waals surface area contributed by atoms with Gasteiger partial charge < -0.3 is 24.0 Å². The number of rotatable bonds is 3. The number of ether oxygens (including phenoxy) is 2. The zero-order valence-corrected chi connectivity index (χ0v) is 9.66. The van der Waals surface area contributed by atoms with Crippen LogP contribution in [0.15, 0.2) is 10.6 Å². The van der Waals surface area contributed by atoms with Gasteiger partial charge >= 0.3 is 5.97 Å². The highest BCUT2D eigenvalue weighted by atomic mass is 16.5. The Morgan fingerprint density at radius 3 is 3.00 bits per heavy atom. The van der Waals surface area contributed by atoms with E-state index in [9.17, 15) is 9.59 Å². The van der Waals surface area contributed by atoms with Crippen LogP contribution in [0.3, 0.4) is 0 Å². The molecular weight excluding hydrogens is 244 g/mol. The number of hydrogen-bond donors (Lipinski definition) is 1. The number of carbonyl (C=O) groups excluding carboxylic acids is 1. The van der Waals surface area contributed by atoms with Gasteiger partial charge in [0, 0.05) is 6.54 Å². The van der Waals surface area contributed by atoms with Crippen molar-refractivity contribution >= 4 is 11.9 Å². The lowest BCUT2D eigenvalue weighted by atomic mass is 10.2. The Balaban J connectivity index is 2.17. The normalized spacial score (nSPS) is 19.6. The zero-order valence-electron chi connectivity index (χ0n) is 9.66. The van der Waals surface area contributed by atoms with E-state index in [1.165, 1.54) is 18.1 Å². The predicted octanol–water partition coefficient (Wildman–Crippen LogP) is -0.391. The molecule has 1 N–H and O–H groups in total. The van der Waals surface area contributed by atoms with Crippen molar-refractivity contribution in [1.29, 1.82) is 0 Å². The molecule has 1 fully saturated rings. The molecule has 0 radical (unpaired) electrons. The molecule has 1 atom stereocenters. The van der Waals surface area contributed by atoms with E-state index in [0.29, 0.717) is 6.61 Å². The molecule has 8 nitrogen and oxygen atoms in total. The number of hydrogen-bond acceptors (Lipinski definition) is 6. The van der Waals surface area contributed by atoms with Gasteiger partial charge in [0.2, 0.25) is 5.76 Å². The van der Waals surface area contributed by atoms with Crippen LogP contribution in [0.1, 0.15) is 10.6 Å². The van der Waals surface area contributed by atoms with E-state index in [1.54, 1.807) is 0 Å². The first-order valence-corrected chi connectivity index (χ1v) is 5.25. The number of aliphatic carboxylic acids is 1. The lowest BCUT2D eigenvalue weighted by Gasteiger charge is -2.31. The van der Waals surface area contributed by atoms with E-state index in [-0.39, 0.29) is 24.8 Å². The van der Waals surface area contributed by atoms with Crippen LogP contribution in [0, 0.1) is 0 Å². The van der Waals surface area contributed by atoms with E-state index >= 15 is 0 Å². The van der Waals surface area contributed by atoms with Crippen molar-refractivity contribution in [3.8, 4) is 5.88 Å². The van der Waals surface area contributed by atoms with Crippen molar-refractivity contribution in [2.24, 2.45) is 0 Å². The topological polar surface area (TPSA) is 102 Å². The summed E-state index contributed by atoms with van der Waals surface area (Å²) in [6.45, 7) is 0.450. The highest BCUT2D eigenvalue weighted by Gasteiger charge is 2.34. The SMILES string of the molecule is COc1cc(C(=O)N2CCOCC2C(=O)O)on1. The number of carbonyl (C=O) groups is 2. The van der Waals surface area contributed by atoms with Crippen molar-refractivity contribution in [1.82, 2.24) is 10.1 Å². The van der Waals surface area contributed by atoms with E-state index in [2.05, 4.69) is 5.16 Å². The molecule has 1 aromatic rings. The summed E-state index contributed by atoms with van der Waals surface area (Å²) in [6.07, 6.45) is 0. The van der Waals surface area contributed by atoms with Gasteiger partial charge in [-0.25, -0.2) is 4.79 Å². The number of nitrogens with zero attached hydrogens (tertiary/aromatic N) is 2. The van der Waals surface area contributed by atoms with Gasteiger partial charge in [-0.1, -0.05) is 0 Å². The Hall–Kier alpha value is -2.09. The van der Waals surface area contributed by atoms with Crippen LogP contribution in [0.4, 0.5) is 0 Å². The third-order valence-corrected chi connectivity index (χ3v) is 2.58. The number of methoxy groups -OCH3 is 1. The Morgan fingerprint density at radius 1 is 1.61 bits per heavy atom. The van der Waals surface area contributed by atoms with Crippen LogP contribution < -0.4 is 4.74 Å². The minimum absolute atomic E-state index is 0.0354. The molecule has 0 bridgehead atoms. The molecule has 1 saturated heterocycles. The maximum Gasteiger partial charge on any atom is 0.328 e. The van der Waals surface area contributed by atoms with Crippen LogP contribution in [0.2, 0.25) is 0 Å². The summed E-state index contributed by atoms with van der Waals surface area (Å²) in [6, 6.07) is 0.304. The average molecular weight is 256 g/mol. The molecule has 0 spiro atoms. The first kappa shape index (κ1) is 12.4. The van der Waals surface area contributed by atoms with Gasteiger partial charge in [0.05, 0.1) is 26.4 Å². The summed E-state index contributed by atoms with van der Waals surface area (Å²) in [5.74, 6) is -1.55. The fourth-order valence-electron chi connectivity index (χ4n) is 1.65. The fourth-order valence-corrected chi connectivity index (χ4v) is 1.65. The molecule has 2 heterocycles. The Labute approximate surface area is 102 Å². The maximum atomic E-state index is 12.1. The van der Waals surface area contributed by atoms with Crippen LogP contribution >= 0.6 is 0 Å². The molecule has 0 aromatic carbocycles. The molecule has 0 saturated carbocycles. The van der Waals surface area contributed by atoms with E-state index in [0.717, 1.165) is 0 Å². The maximum absolute atomic E-state index is 12.1. The number of aromatic nitrogens is 1. The van der Waals surface area contributed by atoms with Crippen LogP contribution in [-0.2, 0) is 9.53 Å². The monoisotopic (exact) mass is 256 g/mol. The third kappa shape index (κ3) is 2.28. The third-order valence-electron chi connectivity index (χ3n) is 2.58. The molecule has 2 rings (SSSR count). The summed E-state index contributed by atoms with van der Waals surface area (Å²) in [5, 5.41) is 12.5. The van der Waals surface area contributed by atoms with Gasteiger partial charge in [-0.3, -0.25) is 4.79 Å². The van der Waals surface area contributed by atoms with Gasteiger partial charge in [0.15, 0.2) is 6.04 Å². The average Bonchev–Trinajstić information content (AvgIpc) is 2.86. The number of amides is 1. The van der Waals surface area contributed by atoms with Crippen molar-refractivity contribution < 1.29 is 28.7 Å².